The van der Waals surface area contributed by atoms with Gasteiger partial charge in [-0.1, -0.05) is 50.9 Å². The highest BCUT2D eigenvalue weighted by Gasteiger charge is 2.22. The van der Waals surface area contributed by atoms with Crippen molar-refractivity contribution in [3.05, 3.63) is 70.3 Å². The van der Waals surface area contributed by atoms with Crippen molar-refractivity contribution in [2.75, 3.05) is 13.7 Å². The molecule has 8 heteroatoms. The van der Waals surface area contributed by atoms with E-state index in [1.807, 2.05) is 67.8 Å². The molecule has 1 aliphatic heterocycles. The molecule has 0 unspecified atom stereocenters. The molecule has 2 aromatic carbocycles. The fourth-order valence-corrected chi connectivity index (χ4v) is 3.27. The van der Waals surface area contributed by atoms with Crippen molar-refractivity contribution in [2.45, 2.75) is 54.0 Å². The third-order valence-electron chi connectivity index (χ3n) is 5.46. The molecule has 2 heterocycles. The van der Waals surface area contributed by atoms with Crippen LogP contribution in [-0.2, 0) is 11.3 Å². The summed E-state index contributed by atoms with van der Waals surface area (Å²) in [6.45, 7) is 10.8. The third kappa shape index (κ3) is 7.73. The number of carbonyl (C=O) groups is 1. The van der Waals surface area contributed by atoms with E-state index in [9.17, 15) is 4.79 Å². The van der Waals surface area contributed by atoms with Gasteiger partial charge in [0.05, 0.1) is 18.5 Å². The van der Waals surface area contributed by atoms with E-state index >= 15 is 0 Å². The van der Waals surface area contributed by atoms with E-state index in [0.29, 0.717) is 11.6 Å². The lowest BCUT2D eigenvalue weighted by Gasteiger charge is -2.14. The molecule has 1 aromatic heterocycles. The highest BCUT2D eigenvalue weighted by molar-refractivity contribution is 6.30. The predicted molar refractivity (Wildman–Crippen MR) is 143 cm³/mol. The summed E-state index contributed by atoms with van der Waals surface area (Å²) in [5.41, 5.74) is 9.02. The standard InChI is InChI=1S/C18H15ClN4O.C5H10O.C4H11N/c1-11-21-22-17-10-20-18(12-3-5-13(19)6-4-12)15-9-14(24-2)7-8-16(15)23(11)17;1-4(2)5(3)6;1-2-3-4-5/h3-9H,10H2,1-2H3;4H,1-3H3;2-5H2,1H3. The molecule has 35 heavy (non-hydrogen) atoms. The molecule has 0 radical (unpaired) electrons. The predicted octanol–water partition coefficient (Wildman–Crippen LogP) is 5.57. The van der Waals surface area contributed by atoms with Crippen LogP contribution in [0.5, 0.6) is 5.75 Å². The van der Waals surface area contributed by atoms with E-state index in [-0.39, 0.29) is 11.7 Å². The Balaban J connectivity index is 0.000000331. The van der Waals surface area contributed by atoms with Crippen molar-refractivity contribution in [2.24, 2.45) is 16.6 Å². The van der Waals surface area contributed by atoms with Crippen molar-refractivity contribution in [3.63, 3.8) is 0 Å². The molecular weight excluding hydrogens is 462 g/mol. The lowest BCUT2D eigenvalue weighted by molar-refractivity contribution is -0.119. The average molecular weight is 498 g/mol. The van der Waals surface area contributed by atoms with E-state index in [1.54, 1.807) is 14.0 Å². The molecule has 188 valence electrons. The number of carbonyl (C=O) groups excluding carboxylic acids is 1. The number of fused-ring (bicyclic) bond motifs is 3. The van der Waals surface area contributed by atoms with Crippen LogP contribution in [0, 0.1) is 12.8 Å². The molecule has 0 saturated carbocycles. The molecule has 0 fully saturated rings. The fraction of sp³-hybridized carbons (Fsp3) is 0.407. The van der Waals surface area contributed by atoms with Crippen molar-refractivity contribution in [1.29, 1.82) is 0 Å². The first-order valence-electron chi connectivity index (χ1n) is 11.8. The molecule has 1 aliphatic rings. The summed E-state index contributed by atoms with van der Waals surface area (Å²) >= 11 is 6.02. The van der Waals surface area contributed by atoms with Gasteiger partial charge in [0.1, 0.15) is 23.9 Å². The molecule has 7 nitrogen and oxygen atoms in total. The minimum absolute atomic E-state index is 0.213. The summed E-state index contributed by atoms with van der Waals surface area (Å²) in [6.07, 6.45) is 2.39. The zero-order valence-corrected chi connectivity index (χ0v) is 22.3. The Labute approximate surface area is 213 Å². The highest BCUT2D eigenvalue weighted by Crippen LogP contribution is 2.29. The number of methoxy groups -OCH3 is 1. The van der Waals surface area contributed by atoms with Crippen molar-refractivity contribution >= 4 is 23.1 Å². The number of aliphatic imine (C=N–C) groups is 1. The third-order valence-corrected chi connectivity index (χ3v) is 5.71. The van der Waals surface area contributed by atoms with Crippen LogP contribution in [0.3, 0.4) is 0 Å². The minimum atomic E-state index is 0.213. The molecule has 0 saturated heterocycles. The van der Waals surface area contributed by atoms with Gasteiger partial charge in [-0.2, -0.15) is 0 Å². The van der Waals surface area contributed by atoms with Gasteiger partial charge in [0.2, 0.25) is 0 Å². The normalized spacial score (nSPS) is 11.6. The van der Waals surface area contributed by atoms with Gasteiger partial charge >= 0.3 is 0 Å². The van der Waals surface area contributed by atoms with Crippen molar-refractivity contribution in [3.8, 4) is 11.4 Å². The van der Waals surface area contributed by atoms with Crippen LogP contribution in [0.25, 0.3) is 5.69 Å². The van der Waals surface area contributed by atoms with Gasteiger partial charge in [0.15, 0.2) is 5.82 Å². The maximum atomic E-state index is 10.1. The summed E-state index contributed by atoms with van der Waals surface area (Å²) in [5, 5.41) is 9.14. The number of ketones is 1. The molecule has 2 N–H and O–H groups in total. The van der Waals surface area contributed by atoms with Crippen LogP contribution in [-0.4, -0.2) is 39.9 Å². The van der Waals surface area contributed by atoms with E-state index in [4.69, 9.17) is 27.1 Å². The largest absolute Gasteiger partial charge is 0.497 e. The summed E-state index contributed by atoms with van der Waals surface area (Å²) < 4.78 is 7.45. The SMILES string of the molecule is CC(=O)C(C)C.CCCCN.COc1ccc2c(c1)C(c1ccc(Cl)cc1)=NCc1nnc(C)n1-2. The van der Waals surface area contributed by atoms with Crippen LogP contribution in [0.15, 0.2) is 47.5 Å². The summed E-state index contributed by atoms with van der Waals surface area (Å²) in [6, 6.07) is 13.6. The summed E-state index contributed by atoms with van der Waals surface area (Å²) in [5.74, 6) is 2.91. The van der Waals surface area contributed by atoms with Crippen LogP contribution in [0.1, 0.15) is 63.3 Å². The zero-order valence-electron chi connectivity index (χ0n) is 21.5. The second kappa shape index (κ2) is 13.8. The Morgan fingerprint density at radius 3 is 2.34 bits per heavy atom. The zero-order chi connectivity index (χ0) is 26.0. The Morgan fingerprint density at radius 2 is 1.83 bits per heavy atom. The molecule has 0 aliphatic carbocycles. The first-order valence-corrected chi connectivity index (χ1v) is 12.2. The molecule has 4 rings (SSSR count). The van der Waals surface area contributed by atoms with Crippen LogP contribution in [0.4, 0.5) is 0 Å². The first kappa shape index (κ1) is 28.2. The maximum absolute atomic E-state index is 10.1. The second-order valence-electron chi connectivity index (χ2n) is 8.46. The Morgan fingerprint density at radius 1 is 1.17 bits per heavy atom. The van der Waals surface area contributed by atoms with Crippen molar-refractivity contribution in [1.82, 2.24) is 14.8 Å². The highest BCUT2D eigenvalue weighted by atomic mass is 35.5. The van der Waals surface area contributed by atoms with Gasteiger partial charge in [-0.3, -0.25) is 14.4 Å². The Bertz CT molecular complexity index is 1130. The minimum Gasteiger partial charge on any atom is -0.497 e. The molecule has 0 spiro atoms. The number of Topliss-reactive ketones (excluding diaryl/α,β-unsaturated/α-hetero) is 1. The quantitative estimate of drug-likeness (QED) is 0.497. The first-order chi connectivity index (χ1) is 16.7. The lowest BCUT2D eigenvalue weighted by Crippen LogP contribution is -2.08. The van der Waals surface area contributed by atoms with Gasteiger partial charge in [-0.25, -0.2) is 0 Å². The molecule has 0 atom stereocenters. The van der Waals surface area contributed by atoms with Gasteiger partial charge in [0.25, 0.3) is 0 Å². The van der Waals surface area contributed by atoms with Crippen LogP contribution >= 0.6 is 11.6 Å². The van der Waals surface area contributed by atoms with E-state index in [2.05, 4.69) is 17.1 Å². The number of halogens is 1. The van der Waals surface area contributed by atoms with Gasteiger partial charge in [0, 0.05) is 22.1 Å². The smallest absolute Gasteiger partial charge is 0.159 e. The van der Waals surface area contributed by atoms with Gasteiger partial charge in [-0.05, 0) is 57.1 Å². The average Bonchev–Trinajstić information content (AvgIpc) is 3.12. The topological polar surface area (TPSA) is 95.4 Å². The Kier molecular flexibility index (Phi) is 11.1. The summed E-state index contributed by atoms with van der Waals surface area (Å²) in [7, 11) is 1.66. The van der Waals surface area contributed by atoms with Gasteiger partial charge in [-0.15, -0.1) is 10.2 Å². The number of ether oxygens (including phenoxy) is 1. The number of nitrogens with two attached hydrogens (primary N) is 1. The van der Waals surface area contributed by atoms with E-state index in [1.165, 1.54) is 12.8 Å². The van der Waals surface area contributed by atoms with Gasteiger partial charge < -0.3 is 10.5 Å². The number of hydrogen-bond acceptors (Lipinski definition) is 6. The molecule has 0 bridgehead atoms. The van der Waals surface area contributed by atoms with Crippen molar-refractivity contribution < 1.29 is 9.53 Å². The van der Waals surface area contributed by atoms with E-state index in [0.717, 1.165) is 46.5 Å². The molecule has 0 amide bonds. The van der Waals surface area contributed by atoms with E-state index < -0.39 is 0 Å². The number of unbranched alkanes of at least 4 members (excludes halogenated alkanes) is 1. The van der Waals surface area contributed by atoms with Crippen LogP contribution in [0.2, 0.25) is 5.02 Å². The number of hydrogen-bond donors (Lipinski definition) is 1. The Hall–Kier alpha value is -3.03. The maximum Gasteiger partial charge on any atom is 0.159 e. The second-order valence-corrected chi connectivity index (χ2v) is 8.90. The lowest BCUT2D eigenvalue weighted by atomic mass is 10.00. The van der Waals surface area contributed by atoms with Crippen LogP contribution < -0.4 is 10.5 Å². The fourth-order valence-electron chi connectivity index (χ4n) is 3.14. The summed E-state index contributed by atoms with van der Waals surface area (Å²) in [4.78, 5) is 14.9. The number of aromatic nitrogens is 3. The molecule has 3 aromatic rings. The number of nitrogens with zero attached hydrogens (tertiary/aromatic N) is 4. The number of rotatable bonds is 5. The number of benzene rings is 2. The molecular formula is C27H36ClN5O2. The monoisotopic (exact) mass is 497 g/mol. The number of aryl methyl sites for hydroxylation is 1.